The Morgan fingerprint density at radius 1 is 1.56 bits per heavy atom. The average molecular weight is 252 g/mol. The Bertz CT molecular complexity index is 422. The molecule has 16 heavy (non-hydrogen) atoms. The number of hydrogen-bond acceptors (Lipinski definition) is 5. The van der Waals surface area contributed by atoms with Crippen molar-refractivity contribution in [2.45, 2.75) is 6.17 Å². The number of benzene rings is 1. The summed E-state index contributed by atoms with van der Waals surface area (Å²) in [5.74, 6) is 0.786. The van der Waals surface area contributed by atoms with Crippen LogP contribution in [0.1, 0.15) is 5.56 Å². The van der Waals surface area contributed by atoms with E-state index in [2.05, 4.69) is 35.0 Å². The van der Waals surface area contributed by atoms with Gasteiger partial charge in [0.05, 0.1) is 12.3 Å². The van der Waals surface area contributed by atoms with Crippen LogP contribution in [-0.4, -0.2) is 18.4 Å². The maximum atomic E-state index is 5.80. The van der Waals surface area contributed by atoms with Crippen molar-refractivity contribution in [2.24, 2.45) is 10.7 Å². The van der Waals surface area contributed by atoms with E-state index in [0.717, 1.165) is 16.9 Å². The molecule has 0 saturated heterocycles. The monoisotopic (exact) mass is 252 g/mol. The van der Waals surface area contributed by atoms with E-state index in [4.69, 9.17) is 10.5 Å². The summed E-state index contributed by atoms with van der Waals surface area (Å²) < 4.78 is 5.07. The predicted molar refractivity (Wildman–Crippen MR) is 73.0 cm³/mol. The van der Waals surface area contributed by atoms with Crippen LogP contribution in [0.25, 0.3) is 5.57 Å². The molecule has 0 radical (unpaired) electrons. The van der Waals surface area contributed by atoms with Crippen molar-refractivity contribution in [3.8, 4) is 5.75 Å². The molecular weight excluding hydrogens is 240 g/mol. The lowest BCUT2D eigenvalue weighted by Crippen LogP contribution is -2.18. The van der Waals surface area contributed by atoms with Gasteiger partial charge in [-0.3, -0.25) is 0 Å². The zero-order chi connectivity index (χ0) is 12.0. The van der Waals surface area contributed by atoms with Gasteiger partial charge in [-0.2, -0.15) is 12.6 Å². The van der Waals surface area contributed by atoms with Gasteiger partial charge in [-0.05, 0) is 35.3 Å². The Kier molecular flexibility index (Phi) is 5.22. The van der Waals surface area contributed by atoms with Crippen LogP contribution in [-0.2, 0) is 0 Å². The summed E-state index contributed by atoms with van der Waals surface area (Å²) in [4.78, 5) is 3.81. The number of hydrogen-bond donors (Lipinski definition) is 2. The summed E-state index contributed by atoms with van der Waals surface area (Å²) in [5.41, 5.74) is 7.51. The van der Waals surface area contributed by atoms with Crippen LogP contribution in [0.3, 0.4) is 0 Å². The van der Waals surface area contributed by atoms with Crippen LogP contribution in [0.2, 0.25) is 0 Å². The first kappa shape index (κ1) is 12.9. The first-order chi connectivity index (χ1) is 7.72. The molecule has 1 aromatic rings. The van der Waals surface area contributed by atoms with Crippen molar-refractivity contribution < 1.29 is 4.74 Å². The van der Waals surface area contributed by atoms with Gasteiger partial charge in [0.25, 0.3) is 0 Å². The lowest BCUT2D eigenvalue weighted by molar-refractivity contribution is 0.415. The van der Waals surface area contributed by atoms with Gasteiger partial charge in [-0.1, -0.05) is 12.1 Å². The third-order valence-corrected chi connectivity index (χ3v) is 2.46. The Hall–Kier alpha value is -1.13. The van der Waals surface area contributed by atoms with Gasteiger partial charge in [-0.15, -0.1) is 0 Å². The second-order valence-corrected chi connectivity index (χ2v) is 3.42. The van der Waals surface area contributed by atoms with Gasteiger partial charge in [0.15, 0.2) is 0 Å². The van der Waals surface area contributed by atoms with E-state index < -0.39 is 6.17 Å². The van der Waals surface area contributed by atoms with Crippen LogP contribution < -0.4 is 10.5 Å². The molecule has 2 N–H and O–H groups in total. The van der Waals surface area contributed by atoms with Crippen molar-refractivity contribution in [3.63, 3.8) is 0 Å². The molecule has 5 heteroatoms. The minimum Gasteiger partial charge on any atom is -0.497 e. The molecule has 1 rings (SSSR count). The topological polar surface area (TPSA) is 47.6 Å². The van der Waals surface area contributed by atoms with Crippen LogP contribution >= 0.6 is 24.8 Å². The van der Waals surface area contributed by atoms with Gasteiger partial charge in [0.2, 0.25) is 0 Å². The van der Waals surface area contributed by atoms with Crippen molar-refractivity contribution >= 4 is 35.6 Å². The van der Waals surface area contributed by atoms with Crippen molar-refractivity contribution in [2.75, 3.05) is 7.11 Å². The minimum atomic E-state index is -0.539. The van der Waals surface area contributed by atoms with Crippen LogP contribution in [0, 0.1) is 0 Å². The number of rotatable bonds is 4. The molecule has 0 aliphatic carbocycles. The van der Waals surface area contributed by atoms with Crippen LogP contribution in [0.4, 0.5) is 0 Å². The molecule has 1 atom stereocenters. The molecule has 0 bridgehead atoms. The van der Waals surface area contributed by atoms with E-state index in [1.54, 1.807) is 12.5 Å². The Morgan fingerprint density at radius 2 is 2.19 bits per heavy atom. The normalized spacial score (nSPS) is 12.8. The van der Waals surface area contributed by atoms with E-state index in [0.29, 0.717) is 0 Å². The molecule has 0 amide bonds. The molecule has 0 aromatic heterocycles. The maximum absolute atomic E-state index is 5.80. The number of aliphatic imine (C=N–C) groups is 1. The quantitative estimate of drug-likeness (QED) is 0.491. The van der Waals surface area contributed by atoms with E-state index in [9.17, 15) is 0 Å². The number of thiol groups is 1. The zero-order valence-electron chi connectivity index (χ0n) is 8.75. The fraction of sp³-hybridized carbons (Fsp3) is 0.182. The first-order valence-corrected chi connectivity index (χ1v) is 5.46. The summed E-state index contributed by atoms with van der Waals surface area (Å²) in [7, 11) is 1.62. The molecule has 1 unspecified atom stereocenters. The van der Waals surface area contributed by atoms with Crippen LogP contribution in [0.5, 0.6) is 5.75 Å². The fourth-order valence-electron chi connectivity index (χ4n) is 1.23. The second-order valence-electron chi connectivity index (χ2n) is 2.98. The number of isothiocyanates is 1. The lowest BCUT2D eigenvalue weighted by Gasteiger charge is -2.10. The Morgan fingerprint density at radius 3 is 2.62 bits per heavy atom. The lowest BCUT2D eigenvalue weighted by atomic mass is 10.1. The highest BCUT2D eigenvalue weighted by Gasteiger charge is 2.09. The van der Waals surface area contributed by atoms with Crippen molar-refractivity contribution in [3.05, 3.63) is 35.2 Å². The summed E-state index contributed by atoms with van der Waals surface area (Å²) >= 11 is 8.63. The largest absolute Gasteiger partial charge is 0.497 e. The molecule has 0 saturated carbocycles. The van der Waals surface area contributed by atoms with E-state index in [-0.39, 0.29) is 0 Å². The van der Waals surface area contributed by atoms with Gasteiger partial charge >= 0.3 is 0 Å². The molecule has 0 spiro atoms. The van der Waals surface area contributed by atoms with Crippen molar-refractivity contribution in [1.29, 1.82) is 0 Å². The first-order valence-electron chi connectivity index (χ1n) is 4.54. The highest BCUT2D eigenvalue weighted by molar-refractivity contribution is 7.83. The second kappa shape index (κ2) is 6.45. The van der Waals surface area contributed by atoms with Crippen molar-refractivity contribution in [1.82, 2.24) is 0 Å². The van der Waals surface area contributed by atoms with E-state index in [1.807, 2.05) is 24.3 Å². The molecular formula is C11H12N2OS2. The molecule has 84 valence electrons. The van der Waals surface area contributed by atoms with E-state index in [1.165, 1.54) is 0 Å². The SMILES string of the molecule is COc1ccc(/C(=C/S)C(N)N=C=S)cc1. The number of methoxy groups -OCH3 is 1. The zero-order valence-corrected chi connectivity index (χ0v) is 10.5. The van der Waals surface area contributed by atoms with Gasteiger partial charge < -0.3 is 10.5 Å². The van der Waals surface area contributed by atoms with Crippen LogP contribution in [0.15, 0.2) is 34.7 Å². The van der Waals surface area contributed by atoms with Gasteiger partial charge in [0, 0.05) is 5.57 Å². The van der Waals surface area contributed by atoms with E-state index >= 15 is 0 Å². The van der Waals surface area contributed by atoms with Gasteiger partial charge in [0.1, 0.15) is 11.9 Å². The molecule has 0 aliphatic rings. The molecule has 0 heterocycles. The molecule has 3 nitrogen and oxygen atoms in total. The summed E-state index contributed by atoms with van der Waals surface area (Å²) in [6, 6.07) is 7.47. The molecule has 0 aliphatic heterocycles. The highest BCUT2D eigenvalue weighted by Crippen LogP contribution is 2.21. The average Bonchev–Trinajstić information content (AvgIpc) is 2.31. The minimum absolute atomic E-state index is 0.539. The highest BCUT2D eigenvalue weighted by atomic mass is 32.1. The molecule has 1 aromatic carbocycles. The fourth-order valence-corrected chi connectivity index (χ4v) is 1.65. The standard InChI is InChI=1S/C11H12N2OS2/c1-14-9-4-2-8(3-5-9)10(6-15)11(12)13-7-16/h2-6,11,15H,12H2,1H3/b10-6-. The number of thiocarbonyl (C=S) groups is 1. The Balaban J connectivity index is 3.00. The Labute approximate surface area is 105 Å². The maximum Gasteiger partial charge on any atom is 0.134 e. The summed E-state index contributed by atoms with van der Waals surface area (Å²) in [6.07, 6.45) is -0.539. The summed E-state index contributed by atoms with van der Waals surface area (Å²) in [5, 5.41) is 3.87. The predicted octanol–water partition coefficient (Wildman–Crippen LogP) is 2.35. The number of nitrogens with two attached hydrogens (primary N) is 1. The smallest absolute Gasteiger partial charge is 0.134 e. The van der Waals surface area contributed by atoms with Gasteiger partial charge in [-0.25, -0.2) is 4.99 Å². The third kappa shape index (κ3) is 3.18. The third-order valence-electron chi connectivity index (χ3n) is 2.07. The summed E-state index contributed by atoms with van der Waals surface area (Å²) in [6.45, 7) is 0. The number of ether oxygens (including phenoxy) is 1. The number of nitrogens with zero attached hydrogens (tertiary/aromatic N) is 1. The molecule has 0 fully saturated rings.